The number of benzene rings is 1. The van der Waals surface area contributed by atoms with Crippen LogP contribution in [-0.4, -0.2) is 43.1 Å². The summed E-state index contributed by atoms with van der Waals surface area (Å²) < 4.78 is 59.1. The largest absolute Gasteiger partial charge is 0.490 e. The van der Waals surface area contributed by atoms with Crippen molar-refractivity contribution in [3.8, 4) is 23.4 Å². The Labute approximate surface area is 202 Å². The molecule has 176 valence electrons. The van der Waals surface area contributed by atoms with Gasteiger partial charge in [-0.15, -0.1) is 0 Å². The summed E-state index contributed by atoms with van der Waals surface area (Å²) in [6, 6.07) is 3.92. The SMILES string of the molecule is COc1nc(CC(F)(F)F)cc(OCCCOc2c(Cl)cc(OCC=C(Cl)Cl)cc2Cl)n1. The van der Waals surface area contributed by atoms with Gasteiger partial charge in [-0.25, -0.2) is 0 Å². The Bertz CT molecular complexity index is 918. The molecule has 2 rings (SSSR count). The van der Waals surface area contributed by atoms with Gasteiger partial charge < -0.3 is 18.9 Å². The Morgan fingerprint density at radius 1 is 1.00 bits per heavy atom. The minimum atomic E-state index is -4.42. The van der Waals surface area contributed by atoms with Gasteiger partial charge in [-0.1, -0.05) is 46.4 Å². The zero-order valence-electron chi connectivity index (χ0n) is 16.5. The lowest BCUT2D eigenvalue weighted by Crippen LogP contribution is -2.14. The van der Waals surface area contributed by atoms with E-state index in [1.54, 1.807) is 0 Å². The van der Waals surface area contributed by atoms with Crippen LogP contribution in [0.4, 0.5) is 13.2 Å². The predicted octanol–water partition coefficient (Wildman–Crippen LogP) is 6.44. The van der Waals surface area contributed by atoms with Crippen LogP contribution in [0.3, 0.4) is 0 Å². The summed E-state index contributed by atoms with van der Waals surface area (Å²) in [6.45, 7) is 0.403. The number of hydrogen-bond acceptors (Lipinski definition) is 6. The fourth-order valence-corrected chi connectivity index (χ4v) is 2.98. The predicted molar refractivity (Wildman–Crippen MR) is 116 cm³/mol. The van der Waals surface area contributed by atoms with Crippen LogP contribution in [0.25, 0.3) is 0 Å². The maximum Gasteiger partial charge on any atom is 0.394 e. The van der Waals surface area contributed by atoms with Crippen LogP contribution >= 0.6 is 46.4 Å². The fraction of sp³-hybridized carbons (Fsp3) is 0.368. The van der Waals surface area contributed by atoms with Crippen molar-refractivity contribution in [1.82, 2.24) is 9.97 Å². The van der Waals surface area contributed by atoms with Crippen LogP contribution < -0.4 is 18.9 Å². The molecule has 0 aliphatic carbocycles. The molecule has 0 atom stereocenters. The Hall–Kier alpha value is -1.81. The average Bonchev–Trinajstić information content (AvgIpc) is 2.67. The molecule has 0 saturated heterocycles. The molecule has 6 nitrogen and oxygen atoms in total. The summed E-state index contributed by atoms with van der Waals surface area (Å²) in [6.07, 6.45) is -3.83. The number of hydrogen-bond donors (Lipinski definition) is 0. The van der Waals surface area contributed by atoms with Gasteiger partial charge in [0, 0.05) is 24.6 Å². The van der Waals surface area contributed by atoms with Crippen molar-refractivity contribution in [3.05, 3.63) is 44.5 Å². The van der Waals surface area contributed by atoms with Crippen molar-refractivity contribution in [2.75, 3.05) is 26.9 Å². The monoisotopic (exact) mass is 534 g/mol. The first-order valence-electron chi connectivity index (χ1n) is 8.94. The molecule has 0 aliphatic heterocycles. The van der Waals surface area contributed by atoms with E-state index in [1.807, 2.05) is 0 Å². The van der Waals surface area contributed by atoms with Crippen LogP contribution in [0.2, 0.25) is 10.0 Å². The minimum absolute atomic E-state index is 0.0419. The molecule has 0 radical (unpaired) electrons. The highest BCUT2D eigenvalue weighted by atomic mass is 35.5. The smallest absolute Gasteiger partial charge is 0.394 e. The molecule has 1 aromatic carbocycles. The average molecular weight is 536 g/mol. The van der Waals surface area contributed by atoms with E-state index in [9.17, 15) is 13.2 Å². The van der Waals surface area contributed by atoms with Gasteiger partial charge in [0.1, 0.15) is 16.8 Å². The molecule has 0 saturated carbocycles. The highest BCUT2D eigenvalue weighted by Gasteiger charge is 2.29. The zero-order valence-corrected chi connectivity index (χ0v) is 19.5. The Morgan fingerprint density at radius 3 is 2.25 bits per heavy atom. The lowest BCUT2D eigenvalue weighted by molar-refractivity contribution is -0.127. The zero-order chi connectivity index (χ0) is 23.7. The van der Waals surface area contributed by atoms with Crippen molar-refractivity contribution in [1.29, 1.82) is 0 Å². The first-order chi connectivity index (χ1) is 15.1. The molecule has 0 N–H and O–H groups in total. The third-order valence-electron chi connectivity index (χ3n) is 3.54. The Morgan fingerprint density at radius 2 is 1.66 bits per heavy atom. The maximum atomic E-state index is 12.6. The van der Waals surface area contributed by atoms with Crippen LogP contribution in [-0.2, 0) is 6.42 Å². The number of methoxy groups -OCH3 is 1. The highest BCUT2D eigenvalue weighted by molar-refractivity contribution is 6.55. The second-order valence-corrected chi connectivity index (χ2v) is 7.87. The first-order valence-corrected chi connectivity index (χ1v) is 10.5. The quantitative estimate of drug-likeness (QED) is 0.308. The van der Waals surface area contributed by atoms with E-state index < -0.39 is 12.6 Å². The van der Waals surface area contributed by atoms with E-state index in [0.29, 0.717) is 12.2 Å². The summed E-state index contributed by atoms with van der Waals surface area (Å²) in [5.41, 5.74) is -0.264. The summed E-state index contributed by atoms with van der Waals surface area (Å²) in [5, 5.41) is 0.457. The molecule has 0 fully saturated rings. The summed E-state index contributed by atoms with van der Waals surface area (Å²) >= 11 is 23.4. The van der Waals surface area contributed by atoms with Crippen molar-refractivity contribution in [2.45, 2.75) is 19.0 Å². The number of nitrogens with zero attached hydrogens (tertiary/aromatic N) is 2. The van der Waals surface area contributed by atoms with E-state index in [1.165, 1.54) is 25.3 Å². The number of ether oxygens (including phenoxy) is 4. The van der Waals surface area contributed by atoms with Crippen LogP contribution in [0, 0.1) is 0 Å². The van der Waals surface area contributed by atoms with Gasteiger partial charge in [0.15, 0.2) is 5.75 Å². The normalized spacial score (nSPS) is 11.1. The first kappa shape index (κ1) is 26.4. The van der Waals surface area contributed by atoms with E-state index in [0.717, 1.165) is 6.07 Å². The molecular formula is C19H17Cl4F3N2O4. The Balaban J connectivity index is 1.87. The molecule has 1 aromatic heterocycles. The lowest BCUT2D eigenvalue weighted by Gasteiger charge is -2.13. The van der Waals surface area contributed by atoms with Gasteiger partial charge in [-0.2, -0.15) is 23.1 Å². The molecule has 2 aromatic rings. The highest BCUT2D eigenvalue weighted by Crippen LogP contribution is 2.37. The summed E-state index contributed by atoms with van der Waals surface area (Å²) in [4.78, 5) is 7.53. The molecule has 1 heterocycles. The van der Waals surface area contributed by atoms with Crippen molar-refractivity contribution >= 4 is 46.4 Å². The molecule has 0 bridgehead atoms. The van der Waals surface area contributed by atoms with E-state index >= 15 is 0 Å². The topological polar surface area (TPSA) is 62.7 Å². The fourth-order valence-electron chi connectivity index (χ4n) is 2.28. The van der Waals surface area contributed by atoms with Gasteiger partial charge in [0.2, 0.25) is 5.88 Å². The van der Waals surface area contributed by atoms with Crippen molar-refractivity contribution in [2.24, 2.45) is 0 Å². The molecule has 0 amide bonds. The van der Waals surface area contributed by atoms with Crippen molar-refractivity contribution in [3.63, 3.8) is 0 Å². The number of halogens is 7. The van der Waals surface area contributed by atoms with Crippen LogP contribution in [0.1, 0.15) is 12.1 Å². The van der Waals surface area contributed by atoms with Crippen molar-refractivity contribution < 1.29 is 32.1 Å². The number of rotatable bonds is 11. The lowest BCUT2D eigenvalue weighted by atomic mass is 10.3. The van der Waals surface area contributed by atoms with E-state index in [4.69, 9.17) is 65.4 Å². The second kappa shape index (κ2) is 12.4. The van der Waals surface area contributed by atoms with Gasteiger partial charge >= 0.3 is 12.2 Å². The van der Waals surface area contributed by atoms with E-state index in [-0.39, 0.29) is 57.7 Å². The van der Waals surface area contributed by atoms with Crippen LogP contribution in [0.15, 0.2) is 28.8 Å². The number of alkyl halides is 3. The van der Waals surface area contributed by atoms with E-state index in [2.05, 4.69) is 9.97 Å². The second-order valence-electron chi connectivity index (χ2n) is 6.05. The minimum Gasteiger partial charge on any atom is -0.490 e. The van der Waals surface area contributed by atoms with Crippen LogP contribution in [0.5, 0.6) is 23.4 Å². The molecule has 32 heavy (non-hydrogen) atoms. The molecular weight excluding hydrogens is 519 g/mol. The third-order valence-corrected chi connectivity index (χ3v) is 4.41. The molecule has 0 spiro atoms. The van der Waals surface area contributed by atoms with Gasteiger partial charge in [-0.05, 0) is 6.08 Å². The van der Waals surface area contributed by atoms with Gasteiger partial charge in [0.25, 0.3) is 0 Å². The standard InChI is InChI=1S/C19H17Cl4F3N2O4/c1-29-18-27-11(10-19(24,25)26)7-16(28-18)31-4-2-5-32-17-13(20)8-12(9-14(17)21)30-6-3-15(22)23/h3,7-9H,2,4-6,10H2,1H3. The summed E-state index contributed by atoms with van der Waals surface area (Å²) in [5.74, 6) is 0.608. The summed E-state index contributed by atoms with van der Waals surface area (Å²) in [7, 11) is 1.25. The number of aromatic nitrogens is 2. The molecule has 13 heteroatoms. The Kier molecular flexibility index (Phi) is 10.3. The van der Waals surface area contributed by atoms with Gasteiger partial charge in [0.05, 0.1) is 42.5 Å². The van der Waals surface area contributed by atoms with Gasteiger partial charge in [-0.3, -0.25) is 0 Å². The molecule has 0 unspecified atom stereocenters. The maximum absolute atomic E-state index is 12.6. The third kappa shape index (κ3) is 9.36. The molecule has 0 aliphatic rings.